The molecule has 0 heterocycles. The molecule has 1 aromatic rings. The van der Waals surface area contributed by atoms with Gasteiger partial charge in [-0.1, -0.05) is 12.1 Å². The summed E-state index contributed by atoms with van der Waals surface area (Å²) in [4.78, 5) is 10.5. The zero-order valence-electron chi connectivity index (χ0n) is 9.08. The van der Waals surface area contributed by atoms with E-state index in [1.807, 2.05) is 0 Å². The quantitative estimate of drug-likeness (QED) is 0.846. The average molecular weight is 286 g/mol. The molecule has 0 spiro atoms. The van der Waals surface area contributed by atoms with E-state index >= 15 is 0 Å². The number of carbonyl (C=O) groups is 1. The molecule has 19 heavy (non-hydrogen) atoms. The molecule has 0 saturated heterocycles. The first-order valence-corrected chi connectivity index (χ1v) is 4.73. The third kappa shape index (κ3) is 4.98. The lowest BCUT2D eigenvalue weighted by Crippen LogP contribution is -2.20. The Balaban J connectivity index is 3.19. The molecule has 0 bridgehead atoms. The number of para-hydroxylation sites is 1. The SMILES string of the molecule is O=C(O)Cc1cccc(OC(F)F)c1OC(F)(F)F. The number of rotatable bonds is 5. The number of carboxylic acid groups (broad SMARTS) is 1. The summed E-state index contributed by atoms with van der Waals surface area (Å²) < 4.78 is 68.0. The van der Waals surface area contributed by atoms with Crippen LogP contribution in [0.15, 0.2) is 18.2 Å². The van der Waals surface area contributed by atoms with Crippen molar-refractivity contribution in [3.05, 3.63) is 23.8 Å². The number of aliphatic carboxylic acids is 1. The monoisotopic (exact) mass is 286 g/mol. The van der Waals surface area contributed by atoms with Crippen LogP contribution in [-0.2, 0) is 11.2 Å². The molecule has 0 aromatic heterocycles. The molecular weight excluding hydrogens is 279 g/mol. The van der Waals surface area contributed by atoms with Gasteiger partial charge < -0.3 is 14.6 Å². The van der Waals surface area contributed by atoms with Gasteiger partial charge in [-0.3, -0.25) is 4.79 Å². The highest BCUT2D eigenvalue weighted by atomic mass is 19.4. The van der Waals surface area contributed by atoms with Crippen molar-refractivity contribution >= 4 is 5.97 Å². The van der Waals surface area contributed by atoms with E-state index in [2.05, 4.69) is 9.47 Å². The van der Waals surface area contributed by atoms with Gasteiger partial charge in [-0.2, -0.15) is 8.78 Å². The summed E-state index contributed by atoms with van der Waals surface area (Å²) in [6.07, 6.45) is -5.99. The minimum Gasteiger partial charge on any atom is -0.481 e. The van der Waals surface area contributed by atoms with E-state index in [1.165, 1.54) is 0 Å². The lowest BCUT2D eigenvalue weighted by Gasteiger charge is -2.16. The standard InChI is InChI=1S/C10H7F5O4/c11-9(12)18-6-3-1-2-5(4-7(16)17)8(6)19-10(13,14)15/h1-3,9H,4H2,(H,16,17). The van der Waals surface area contributed by atoms with Crippen LogP contribution < -0.4 is 9.47 Å². The molecule has 0 saturated carbocycles. The zero-order valence-corrected chi connectivity index (χ0v) is 9.08. The molecular formula is C10H7F5O4. The molecule has 0 aliphatic carbocycles. The van der Waals surface area contributed by atoms with Crippen LogP contribution >= 0.6 is 0 Å². The lowest BCUT2D eigenvalue weighted by molar-refractivity contribution is -0.275. The fraction of sp³-hybridized carbons (Fsp3) is 0.300. The molecule has 0 amide bonds. The van der Waals surface area contributed by atoms with Gasteiger partial charge in [-0.05, 0) is 6.07 Å². The van der Waals surface area contributed by atoms with Crippen molar-refractivity contribution in [2.24, 2.45) is 0 Å². The Bertz CT molecular complexity index is 458. The number of ether oxygens (including phenoxy) is 2. The maximum Gasteiger partial charge on any atom is 0.573 e. The molecule has 0 aliphatic rings. The molecule has 9 heteroatoms. The van der Waals surface area contributed by atoms with Gasteiger partial charge in [0, 0.05) is 5.56 Å². The summed E-state index contributed by atoms with van der Waals surface area (Å²) in [7, 11) is 0. The number of alkyl halides is 5. The van der Waals surface area contributed by atoms with Crippen LogP contribution in [0.1, 0.15) is 5.56 Å². The molecule has 0 fully saturated rings. The number of hydrogen-bond acceptors (Lipinski definition) is 3. The van der Waals surface area contributed by atoms with Crippen LogP contribution in [0.5, 0.6) is 11.5 Å². The Hall–Kier alpha value is -2.06. The molecule has 1 N–H and O–H groups in total. The molecule has 0 atom stereocenters. The Morgan fingerprint density at radius 2 is 1.95 bits per heavy atom. The van der Waals surface area contributed by atoms with Crippen LogP contribution in [-0.4, -0.2) is 24.0 Å². The second-order valence-electron chi connectivity index (χ2n) is 3.24. The molecule has 1 rings (SSSR count). The van der Waals surface area contributed by atoms with Gasteiger partial charge in [0.1, 0.15) is 0 Å². The second kappa shape index (κ2) is 5.72. The Labute approximate surface area is 103 Å². The highest BCUT2D eigenvalue weighted by Gasteiger charge is 2.34. The number of halogens is 5. The van der Waals surface area contributed by atoms with Crippen molar-refractivity contribution in [2.45, 2.75) is 19.4 Å². The Morgan fingerprint density at radius 1 is 1.32 bits per heavy atom. The molecule has 0 aliphatic heterocycles. The van der Waals surface area contributed by atoms with Gasteiger partial charge in [-0.15, -0.1) is 13.2 Å². The largest absolute Gasteiger partial charge is 0.573 e. The Kier molecular flexibility index (Phi) is 4.52. The first kappa shape index (κ1) is 15.0. The minimum atomic E-state index is -5.16. The maximum absolute atomic E-state index is 12.2. The predicted molar refractivity (Wildman–Crippen MR) is 51.1 cm³/mol. The third-order valence-corrected chi connectivity index (χ3v) is 1.84. The van der Waals surface area contributed by atoms with Crippen molar-refractivity contribution in [2.75, 3.05) is 0 Å². The summed E-state index contributed by atoms with van der Waals surface area (Å²) in [5.41, 5.74) is -0.428. The van der Waals surface area contributed by atoms with Gasteiger partial charge in [-0.25, -0.2) is 0 Å². The normalized spacial score (nSPS) is 11.5. The van der Waals surface area contributed by atoms with Gasteiger partial charge in [0.25, 0.3) is 0 Å². The van der Waals surface area contributed by atoms with Crippen molar-refractivity contribution in [1.29, 1.82) is 0 Å². The highest BCUT2D eigenvalue weighted by molar-refractivity contribution is 5.72. The number of hydrogen-bond donors (Lipinski definition) is 1. The average Bonchev–Trinajstić information content (AvgIpc) is 2.19. The summed E-state index contributed by atoms with van der Waals surface area (Å²) in [5, 5.41) is 8.54. The molecule has 0 radical (unpaired) electrons. The number of carboxylic acids is 1. The van der Waals surface area contributed by atoms with Crippen LogP contribution in [0.3, 0.4) is 0 Å². The molecule has 1 aromatic carbocycles. The van der Waals surface area contributed by atoms with Crippen LogP contribution in [0.25, 0.3) is 0 Å². The second-order valence-corrected chi connectivity index (χ2v) is 3.24. The Morgan fingerprint density at radius 3 is 2.42 bits per heavy atom. The van der Waals surface area contributed by atoms with Crippen molar-refractivity contribution in [3.8, 4) is 11.5 Å². The molecule has 106 valence electrons. The lowest BCUT2D eigenvalue weighted by atomic mass is 10.1. The van der Waals surface area contributed by atoms with E-state index in [9.17, 15) is 26.7 Å². The van der Waals surface area contributed by atoms with E-state index in [0.717, 1.165) is 18.2 Å². The first-order chi connectivity index (χ1) is 8.69. The van der Waals surface area contributed by atoms with E-state index in [-0.39, 0.29) is 0 Å². The summed E-state index contributed by atoms with van der Waals surface area (Å²) in [6.45, 7) is -3.37. The number of benzene rings is 1. The van der Waals surface area contributed by atoms with Gasteiger partial charge >= 0.3 is 18.9 Å². The third-order valence-electron chi connectivity index (χ3n) is 1.84. The zero-order chi connectivity index (χ0) is 14.6. The molecule has 4 nitrogen and oxygen atoms in total. The maximum atomic E-state index is 12.2. The summed E-state index contributed by atoms with van der Waals surface area (Å²) in [5.74, 6) is -3.41. The fourth-order valence-corrected chi connectivity index (χ4v) is 1.28. The summed E-state index contributed by atoms with van der Waals surface area (Å²) >= 11 is 0. The van der Waals surface area contributed by atoms with Gasteiger partial charge in [0.2, 0.25) is 0 Å². The highest BCUT2D eigenvalue weighted by Crippen LogP contribution is 2.36. The van der Waals surface area contributed by atoms with Crippen LogP contribution in [0.2, 0.25) is 0 Å². The van der Waals surface area contributed by atoms with Crippen molar-refractivity contribution in [3.63, 3.8) is 0 Å². The van der Waals surface area contributed by atoms with Crippen molar-refractivity contribution < 1.29 is 41.3 Å². The van der Waals surface area contributed by atoms with Gasteiger partial charge in [0.05, 0.1) is 6.42 Å². The van der Waals surface area contributed by atoms with E-state index in [4.69, 9.17) is 5.11 Å². The van der Waals surface area contributed by atoms with Gasteiger partial charge in [0.15, 0.2) is 11.5 Å². The van der Waals surface area contributed by atoms with E-state index in [0.29, 0.717) is 0 Å². The van der Waals surface area contributed by atoms with Crippen molar-refractivity contribution in [1.82, 2.24) is 0 Å². The minimum absolute atomic E-state index is 0.428. The topological polar surface area (TPSA) is 55.8 Å². The predicted octanol–water partition coefficient (Wildman–Crippen LogP) is 2.81. The van der Waals surface area contributed by atoms with Crippen LogP contribution in [0.4, 0.5) is 22.0 Å². The van der Waals surface area contributed by atoms with Crippen LogP contribution in [0, 0.1) is 0 Å². The molecule has 0 unspecified atom stereocenters. The van der Waals surface area contributed by atoms with E-state index in [1.54, 1.807) is 0 Å². The first-order valence-electron chi connectivity index (χ1n) is 4.73. The smallest absolute Gasteiger partial charge is 0.481 e. The summed E-state index contributed by atoms with van der Waals surface area (Å²) in [6, 6.07) is 2.91. The van der Waals surface area contributed by atoms with E-state index < -0.39 is 42.4 Å². The fourth-order valence-electron chi connectivity index (χ4n) is 1.28.